The Morgan fingerprint density at radius 1 is 1.10 bits per heavy atom. The zero-order valence-electron chi connectivity index (χ0n) is 6.44. The van der Waals surface area contributed by atoms with Gasteiger partial charge in [-0.15, -0.1) is 0 Å². The molecule has 0 bridgehead atoms. The van der Waals surface area contributed by atoms with Crippen molar-refractivity contribution in [2.75, 3.05) is 19.0 Å². The van der Waals surface area contributed by atoms with Gasteiger partial charge in [-0.3, -0.25) is 0 Å². The first-order chi connectivity index (χ1) is 4.91. The van der Waals surface area contributed by atoms with E-state index in [9.17, 15) is 0 Å². The lowest BCUT2D eigenvalue weighted by Crippen LogP contribution is -1.92. The fraction of sp³-hybridized carbons (Fsp3) is 1.00. The number of alkyl halides is 1. The van der Waals surface area contributed by atoms with E-state index in [1.807, 2.05) is 0 Å². The van der Waals surface area contributed by atoms with Crippen LogP contribution in [0.4, 0.5) is 0 Å². The predicted molar refractivity (Wildman–Crippen MR) is 45.2 cm³/mol. The number of hydrogen-bond donors (Lipinski definition) is 0. The lowest BCUT2D eigenvalue weighted by atomic mass is 10.2. The van der Waals surface area contributed by atoms with Gasteiger partial charge in [0, 0.05) is 5.33 Å². The molecule has 0 amide bonds. The van der Waals surface area contributed by atoms with E-state index in [0.29, 0.717) is 0 Å². The van der Waals surface area contributed by atoms with Crippen LogP contribution in [-0.4, -0.2) is 19.0 Å². The summed E-state index contributed by atoms with van der Waals surface area (Å²) < 4.78 is 0. The molecule has 2 nitrogen and oxygen atoms in total. The number of unbranched alkanes of at least 4 members (excludes halogenated alkanes) is 3. The fourth-order valence-corrected chi connectivity index (χ4v) is 1.09. The Labute approximate surface area is 71.0 Å². The van der Waals surface area contributed by atoms with Gasteiger partial charge < -0.3 is 0 Å². The van der Waals surface area contributed by atoms with Gasteiger partial charge in [0.1, 0.15) is 0 Å². The van der Waals surface area contributed by atoms with Crippen molar-refractivity contribution in [3.63, 3.8) is 0 Å². The van der Waals surface area contributed by atoms with Gasteiger partial charge in [-0.1, -0.05) is 28.8 Å². The molecule has 10 heavy (non-hydrogen) atoms. The molecule has 0 aliphatic rings. The Balaban J connectivity index is 2.65. The predicted octanol–water partition coefficient (Wildman–Crippen LogP) is 2.52. The van der Waals surface area contributed by atoms with Crippen molar-refractivity contribution >= 4 is 15.9 Å². The van der Waals surface area contributed by atoms with E-state index in [2.05, 4.69) is 20.8 Å². The molecule has 0 N–H and O–H groups in total. The second-order valence-corrected chi connectivity index (χ2v) is 2.88. The third kappa shape index (κ3) is 8.40. The molecule has 0 rings (SSSR count). The molecule has 0 aliphatic carbocycles. The molecule has 0 aromatic heterocycles. The summed E-state index contributed by atoms with van der Waals surface area (Å²) in [6, 6.07) is 0. The van der Waals surface area contributed by atoms with Crippen LogP contribution in [0.5, 0.6) is 0 Å². The normalized spacial score (nSPS) is 10.2. The maximum Gasteiger partial charge on any atom is 0.0822 e. The average Bonchev–Trinajstić information content (AvgIpc) is 1.97. The van der Waals surface area contributed by atoms with Gasteiger partial charge in [-0.05, 0) is 12.8 Å². The second kappa shape index (κ2) is 9.40. The van der Waals surface area contributed by atoms with Crippen molar-refractivity contribution < 1.29 is 9.78 Å². The highest BCUT2D eigenvalue weighted by molar-refractivity contribution is 9.09. The van der Waals surface area contributed by atoms with Gasteiger partial charge in [0.2, 0.25) is 0 Å². The second-order valence-electron chi connectivity index (χ2n) is 2.09. The summed E-state index contributed by atoms with van der Waals surface area (Å²) in [5, 5.41) is 1.11. The zero-order chi connectivity index (χ0) is 7.66. The lowest BCUT2D eigenvalue weighted by Gasteiger charge is -1.98. The van der Waals surface area contributed by atoms with E-state index in [1.54, 1.807) is 7.11 Å². The summed E-state index contributed by atoms with van der Waals surface area (Å²) in [4.78, 5) is 9.14. The van der Waals surface area contributed by atoms with Crippen molar-refractivity contribution in [3.8, 4) is 0 Å². The van der Waals surface area contributed by atoms with Crippen LogP contribution in [0.3, 0.4) is 0 Å². The molecule has 0 radical (unpaired) electrons. The first-order valence-corrected chi connectivity index (χ1v) is 4.75. The summed E-state index contributed by atoms with van der Waals surface area (Å²) in [6.45, 7) is 0.721. The summed E-state index contributed by atoms with van der Waals surface area (Å²) >= 11 is 3.38. The molecule has 0 aromatic rings. The first-order valence-electron chi connectivity index (χ1n) is 3.63. The SMILES string of the molecule is COOCCCCCCBr. The average molecular weight is 211 g/mol. The van der Waals surface area contributed by atoms with Crippen molar-refractivity contribution in [1.82, 2.24) is 0 Å². The van der Waals surface area contributed by atoms with Crippen molar-refractivity contribution in [2.45, 2.75) is 25.7 Å². The molecular formula is C7H15BrO2. The van der Waals surface area contributed by atoms with Crippen LogP contribution in [0.1, 0.15) is 25.7 Å². The minimum Gasteiger partial charge on any atom is -0.240 e. The largest absolute Gasteiger partial charge is 0.240 e. The summed E-state index contributed by atoms with van der Waals surface area (Å²) in [5.41, 5.74) is 0. The minimum atomic E-state index is 0.721. The topological polar surface area (TPSA) is 18.5 Å². The maximum absolute atomic E-state index is 4.70. The van der Waals surface area contributed by atoms with Crippen LogP contribution in [0.2, 0.25) is 0 Å². The molecule has 0 aliphatic heterocycles. The molecule has 62 valence electrons. The summed E-state index contributed by atoms with van der Waals surface area (Å²) in [6.07, 6.45) is 4.86. The van der Waals surface area contributed by atoms with Crippen LogP contribution < -0.4 is 0 Å². The quantitative estimate of drug-likeness (QED) is 0.279. The highest BCUT2D eigenvalue weighted by Crippen LogP contribution is 2.01. The Kier molecular flexibility index (Phi) is 9.78. The summed E-state index contributed by atoms with van der Waals surface area (Å²) in [5.74, 6) is 0. The van der Waals surface area contributed by atoms with Crippen molar-refractivity contribution in [1.29, 1.82) is 0 Å². The third-order valence-corrected chi connectivity index (χ3v) is 1.79. The van der Waals surface area contributed by atoms with Crippen LogP contribution in [0, 0.1) is 0 Å². The molecule has 0 fully saturated rings. The maximum atomic E-state index is 4.70. The third-order valence-electron chi connectivity index (χ3n) is 1.23. The number of halogens is 1. The van der Waals surface area contributed by atoms with Crippen LogP contribution in [0.15, 0.2) is 0 Å². The highest BCUT2D eigenvalue weighted by atomic mass is 79.9. The fourth-order valence-electron chi connectivity index (χ4n) is 0.692. The minimum absolute atomic E-state index is 0.721. The summed E-state index contributed by atoms with van der Waals surface area (Å²) in [7, 11) is 1.54. The Morgan fingerprint density at radius 2 is 1.80 bits per heavy atom. The van der Waals surface area contributed by atoms with Gasteiger partial charge >= 0.3 is 0 Å². The van der Waals surface area contributed by atoms with Gasteiger partial charge in [0.15, 0.2) is 0 Å². The zero-order valence-corrected chi connectivity index (χ0v) is 8.02. The molecule has 0 saturated heterocycles. The highest BCUT2D eigenvalue weighted by Gasteiger charge is 1.88. The molecule has 0 heterocycles. The first kappa shape index (κ1) is 10.4. The molecular weight excluding hydrogens is 196 g/mol. The molecule has 0 atom stereocenters. The van der Waals surface area contributed by atoms with Gasteiger partial charge in [-0.2, -0.15) is 0 Å². The Bertz CT molecular complexity index is 51.6. The van der Waals surface area contributed by atoms with E-state index < -0.39 is 0 Å². The number of rotatable bonds is 7. The van der Waals surface area contributed by atoms with Gasteiger partial charge in [0.25, 0.3) is 0 Å². The van der Waals surface area contributed by atoms with E-state index in [-0.39, 0.29) is 0 Å². The van der Waals surface area contributed by atoms with Crippen molar-refractivity contribution in [2.24, 2.45) is 0 Å². The molecule has 3 heteroatoms. The van der Waals surface area contributed by atoms with Crippen LogP contribution in [0.25, 0.3) is 0 Å². The smallest absolute Gasteiger partial charge is 0.0822 e. The Morgan fingerprint density at radius 3 is 2.40 bits per heavy atom. The van der Waals surface area contributed by atoms with Crippen LogP contribution in [-0.2, 0) is 9.78 Å². The van der Waals surface area contributed by atoms with E-state index >= 15 is 0 Å². The van der Waals surface area contributed by atoms with Crippen molar-refractivity contribution in [3.05, 3.63) is 0 Å². The molecule has 0 aromatic carbocycles. The Hall–Kier alpha value is 0.400. The lowest BCUT2D eigenvalue weighted by molar-refractivity contribution is -0.272. The van der Waals surface area contributed by atoms with E-state index in [0.717, 1.165) is 18.4 Å². The molecule has 0 saturated carbocycles. The monoisotopic (exact) mass is 210 g/mol. The van der Waals surface area contributed by atoms with Gasteiger partial charge in [0.05, 0.1) is 13.7 Å². The van der Waals surface area contributed by atoms with Crippen LogP contribution >= 0.6 is 15.9 Å². The van der Waals surface area contributed by atoms with E-state index in [1.165, 1.54) is 19.3 Å². The van der Waals surface area contributed by atoms with E-state index in [4.69, 9.17) is 4.89 Å². The molecule has 0 unspecified atom stereocenters. The number of hydrogen-bond acceptors (Lipinski definition) is 2. The standard InChI is InChI=1S/C7H15BrO2/c1-9-10-7-5-3-2-4-6-8/h2-7H2,1H3. The van der Waals surface area contributed by atoms with Gasteiger partial charge in [-0.25, -0.2) is 9.78 Å². The molecule has 0 spiro atoms.